The van der Waals surface area contributed by atoms with Crippen LogP contribution in [0.2, 0.25) is 0 Å². The molecule has 0 aliphatic carbocycles. The number of rotatable bonds is 5. The number of amides is 1. The molecule has 0 bridgehead atoms. The molecule has 1 saturated heterocycles. The third-order valence-electron chi connectivity index (χ3n) is 4.64. The fourth-order valence-corrected chi connectivity index (χ4v) is 3.08. The van der Waals surface area contributed by atoms with Crippen LogP contribution in [0.4, 0.5) is 4.39 Å². The van der Waals surface area contributed by atoms with Gasteiger partial charge in [-0.3, -0.25) is 19.5 Å². The van der Waals surface area contributed by atoms with Crippen LogP contribution < -0.4 is 4.74 Å². The minimum atomic E-state index is -0.265. The van der Waals surface area contributed by atoms with E-state index in [1.54, 1.807) is 24.5 Å². The summed E-state index contributed by atoms with van der Waals surface area (Å²) in [6.07, 6.45) is 4.29. The van der Waals surface area contributed by atoms with Gasteiger partial charge < -0.3 is 14.7 Å². The van der Waals surface area contributed by atoms with Gasteiger partial charge >= 0.3 is 0 Å². The first-order valence-corrected chi connectivity index (χ1v) is 9.43. The Labute approximate surface area is 169 Å². The van der Waals surface area contributed by atoms with Crippen molar-refractivity contribution in [3.8, 4) is 5.75 Å². The van der Waals surface area contributed by atoms with E-state index < -0.39 is 0 Å². The summed E-state index contributed by atoms with van der Waals surface area (Å²) in [6, 6.07) is 7.92. The van der Waals surface area contributed by atoms with E-state index in [9.17, 15) is 9.18 Å². The summed E-state index contributed by atoms with van der Waals surface area (Å²) in [4.78, 5) is 29.4. The average Bonchev–Trinajstić information content (AvgIpc) is 2.96. The number of carbonyl (C=O) groups is 2. The smallest absolute Gasteiger partial charge is 0.290 e. The van der Waals surface area contributed by atoms with E-state index in [-0.39, 0.29) is 18.2 Å². The van der Waals surface area contributed by atoms with Crippen molar-refractivity contribution in [2.75, 3.05) is 39.3 Å². The highest BCUT2D eigenvalue weighted by Crippen LogP contribution is 2.13. The second-order valence-corrected chi connectivity index (χ2v) is 6.59. The van der Waals surface area contributed by atoms with Gasteiger partial charge in [0.1, 0.15) is 18.2 Å². The lowest BCUT2D eigenvalue weighted by Crippen LogP contribution is -2.36. The van der Waals surface area contributed by atoms with Gasteiger partial charge in [-0.15, -0.1) is 0 Å². The highest BCUT2D eigenvalue weighted by Gasteiger charge is 2.21. The van der Waals surface area contributed by atoms with E-state index in [1.807, 2.05) is 17.9 Å². The fraction of sp³-hybridized carbons (Fsp3) is 0.381. The predicted octanol–water partition coefficient (Wildman–Crippen LogP) is 2.46. The third kappa shape index (κ3) is 7.15. The average molecular weight is 403 g/mol. The Morgan fingerprint density at radius 2 is 1.93 bits per heavy atom. The molecule has 0 unspecified atom stereocenters. The molecule has 2 heterocycles. The van der Waals surface area contributed by atoms with E-state index in [4.69, 9.17) is 14.6 Å². The highest BCUT2D eigenvalue weighted by molar-refractivity contribution is 5.95. The number of carbonyl (C=O) groups excluding carboxylic acids is 1. The van der Waals surface area contributed by atoms with E-state index in [1.165, 1.54) is 12.1 Å². The second kappa shape index (κ2) is 11.8. The molecule has 29 heavy (non-hydrogen) atoms. The number of halogens is 1. The molecule has 8 heteroatoms. The molecule has 3 rings (SSSR count). The maximum Gasteiger partial charge on any atom is 0.290 e. The number of nitrogens with zero attached hydrogens (tertiary/aromatic N) is 3. The molecule has 1 aliphatic rings. The van der Waals surface area contributed by atoms with Gasteiger partial charge in [-0.05, 0) is 49.2 Å². The predicted molar refractivity (Wildman–Crippen MR) is 107 cm³/mol. The van der Waals surface area contributed by atoms with Crippen LogP contribution in [0.3, 0.4) is 0 Å². The molecule has 156 valence electrons. The van der Waals surface area contributed by atoms with E-state index in [0.29, 0.717) is 24.5 Å². The number of aryl methyl sites for hydroxylation is 1. The Morgan fingerprint density at radius 1 is 1.21 bits per heavy atom. The molecule has 1 aromatic carbocycles. The molecule has 2 aromatic rings. The van der Waals surface area contributed by atoms with Gasteiger partial charge in [-0.1, -0.05) is 0 Å². The molecule has 1 aromatic heterocycles. The largest absolute Gasteiger partial charge is 0.492 e. The van der Waals surface area contributed by atoms with Crippen LogP contribution in [0, 0.1) is 12.7 Å². The van der Waals surface area contributed by atoms with Crippen molar-refractivity contribution in [3.63, 3.8) is 0 Å². The zero-order valence-corrected chi connectivity index (χ0v) is 16.5. The lowest BCUT2D eigenvalue weighted by molar-refractivity contribution is -0.122. The topological polar surface area (TPSA) is 83.0 Å². The van der Waals surface area contributed by atoms with Gasteiger partial charge in [-0.2, -0.15) is 0 Å². The van der Waals surface area contributed by atoms with E-state index in [2.05, 4.69) is 9.88 Å². The molecule has 1 aliphatic heterocycles. The summed E-state index contributed by atoms with van der Waals surface area (Å²) in [5.41, 5.74) is 1.64. The van der Waals surface area contributed by atoms with Crippen LogP contribution in [0.5, 0.6) is 5.75 Å². The minimum absolute atomic E-state index is 0.0556. The first-order chi connectivity index (χ1) is 14.0. The number of pyridine rings is 1. The number of ether oxygens (including phenoxy) is 1. The molecule has 7 nitrogen and oxygen atoms in total. The standard InChI is InChI=1S/C20H24FN3O2.CH2O2/c1-16-7-8-22-15-19(16)20(25)24-10-2-9-23(11-12-24)13-14-26-18-5-3-17(21)4-6-18;2-1-3/h3-8,15H,2,9-14H2,1H3;1H,(H,2,3). The molecule has 0 radical (unpaired) electrons. The molecule has 1 fully saturated rings. The summed E-state index contributed by atoms with van der Waals surface area (Å²) in [6.45, 7) is 6.21. The van der Waals surface area contributed by atoms with Crippen LogP contribution in [0.25, 0.3) is 0 Å². The van der Waals surface area contributed by atoms with Crippen LogP contribution in [-0.4, -0.2) is 71.6 Å². The molecular formula is C21H26FN3O4. The van der Waals surface area contributed by atoms with Crippen LogP contribution in [-0.2, 0) is 4.79 Å². The Balaban J connectivity index is 0.000000941. The molecular weight excluding hydrogens is 377 g/mol. The summed E-state index contributed by atoms with van der Waals surface area (Å²) in [5, 5.41) is 6.89. The number of benzene rings is 1. The number of hydrogen-bond acceptors (Lipinski definition) is 5. The number of aromatic nitrogens is 1. The molecule has 0 saturated carbocycles. The molecule has 0 atom stereocenters. The van der Waals surface area contributed by atoms with Gasteiger partial charge in [0.05, 0.1) is 5.56 Å². The van der Waals surface area contributed by atoms with Crippen LogP contribution in [0.15, 0.2) is 42.7 Å². The highest BCUT2D eigenvalue weighted by atomic mass is 19.1. The second-order valence-electron chi connectivity index (χ2n) is 6.59. The maximum atomic E-state index is 12.9. The van der Waals surface area contributed by atoms with Crippen molar-refractivity contribution in [2.24, 2.45) is 0 Å². The first-order valence-electron chi connectivity index (χ1n) is 9.43. The minimum Gasteiger partial charge on any atom is -0.492 e. The van der Waals surface area contributed by atoms with Gasteiger partial charge in [-0.25, -0.2) is 4.39 Å². The van der Waals surface area contributed by atoms with Crippen molar-refractivity contribution in [2.45, 2.75) is 13.3 Å². The van der Waals surface area contributed by atoms with Gasteiger partial charge in [0.25, 0.3) is 12.4 Å². The summed E-state index contributed by atoms with van der Waals surface area (Å²) in [5.74, 6) is 0.462. The monoisotopic (exact) mass is 403 g/mol. The van der Waals surface area contributed by atoms with Gasteiger partial charge in [0, 0.05) is 45.1 Å². The first kappa shape index (κ1) is 22.3. The lowest BCUT2D eigenvalue weighted by atomic mass is 10.1. The Hall–Kier alpha value is -3.00. The van der Waals surface area contributed by atoms with Gasteiger partial charge in [0.2, 0.25) is 0 Å². The molecule has 0 spiro atoms. The maximum absolute atomic E-state index is 12.9. The molecule has 1 amide bonds. The van der Waals surface area contributed by atoms with Crippen molar-refractivity contribution >= 4 is 12.4 Å². The number of hydrogen-bond donors (Lipinski definition) is 1. The van der Waals surface area contributed by atoms with E-state index >= 15 is 0 Å². The Bertz CT molecular complexity index is 786. The summed E-state index contributed by atoms with van der Waals surface area (Å²) in [7, 11) is 0. The van der Waals surface area contributed by atoms with Crippen LogP contribution >= 0.6 is 0 Å². The summed E-state index contributed by atoms with van der Waals surface area (Å²) < 4.78 is 18.6. The zero-order valence-electron chi connectivity index (χ0n) is 16.5. The Kier molecular flexibility index (Phi) is 9.04. The third-order valence-corrected chi connectivity index (χ3v) is 4.64. The fourth-order valence-electron chi connectivity index (χ4n) is 3.08. The van der Waals surface area contributed by atoms with Gasteiger partial charge in [0.15, 0.2) is 0 Å². The Morgan fingerprint density at radius 3 is 2.62 bits per heavy atom. The normalized spacial score (nSPS) is 14.3. The number of carboxylic acid groups (broad SMARTS) is 1. The lowest BCUT2D eigenvalue weighted by Gasteiger charge is -2.22. The van der Waals surface area contributed by atoms with Crippen molar-refractivity contribution in [1.29, 1.82) is 0 Å². The molecule has 1 N–H and O–H groups in total. The van der Waals surface area contributed by atoms with Crippen molar-refractivity contribution in [3.05, 3.63) is 59.7 Å². The quantitative estimate of drug-likeness (QED) is 0.773. The van der Waals surface area contributed by atoms with Crippen molar-refractivity contribution in [1.82, 2.24) is 14.8 Å². The SMILES string of the molecule is Cc1ccncc1C(=O)N1CCCN(CCOc2ccc(F)cc2)CC1.O=CO. The zero-order chi connectivity index (χ0) is 21.1. The van der Waals surface area contributed by atoms with Crippen LogP contribution in [0.1, 0.15) is 22.3 Å². The van der Waals surface area contributed by atoms with E-state index in [0.717, 1.165) is 38.2 Å². The summed E-state index contributed by atoms with van der Waals surface area (Å²) >= 11 is 0. The van der Waals surface area contributed by atoms with Crippen molar-refractivity contribution < 1.29 is 23.8 Å².